The van der Waals surface area contributed by atoms with E-state index in [4.69, 9.17) is 11.6 Å². The molecule has 0 bridgehead atoms. The molecule has 0 fully saturated rings. The second-order valence-corrected chi connectivity index (χ2v) is 8.39. The molecule has 1 heterocycles. The van der Waals surface area contributed by atoms with Crippen molar-refractivity contribution in [2.45, 2.75) is 12.6 Å². The van der Waals surface area contributed by atoms with Gasteiger partial charge in [-0.1, -0.05) is 39.7 Å². The van der Waals surface area contributed by atoms with Crippen LogP contribution >= 0.6 is 38.9 Å². The quantitative estimate of drug-likeness (QED) is 0.375. The van der Waals surface area contributed by atoms with E-state index in [-0.39, 0.29) is 21.2 Å². The van der Waals surface area contributed by atoms with E-state index in [9.17, 15) is 27.9 Å². The van der Waals surface area contributed by atoms with Gasteiger partial charge in [0.25, 0.3) is 5.91 Å². The van der Waals surface area contributed by atoms with E-state index < -0.39 is 36.1 Å². The number of alkyl halides is 1. The Bertz CT molecular complexity index is 1120. The number of carboxylic acids is 1. The van der Waals surface area contributed by atoms with Crippen LogP contribution in [-0.4, -0.2) is 23.2 Å². The summed E-state index contributed by atoms with van der Waals surface area (Å²) < 4.78 is 41.8. The van der Waals surface area contributed by atoms with Crippen molar-refractivity contribution in [2.75, 3.05) is 5.32 Å². The molecule has 1 aromatic heterocycles. The van der Waals surface area contributed by atoms with Gasteiger partial charge in [-0.3, -0.25) is 4.79 Å². The highest BCUT2D eigenvalue weighted by molar-refractivity contribution is 9.10. The molecule has 10 heteroatoms. The molecular weight excluding hydrogens is 507 g/mol. The van der Waals surface area contributed by atoms with Crippen molar-refractivity contribution in [3.8, 4) is 11.1 Å². The third-order valence-corrected chi connectivity index (χ3v) is 5.95. The predicted octanol–water partition coefficient (Wildman–Crippen LogP) is 6.33. The fourth-order valence-electron chi connectivity index (χ4n) is 2.70. The number of aromatic carboxylic acids is 1. The van der Waals surface area contributed by atoms with Gasteiger partial charge in [0, 0.05) is 26.9 Å². The Kier molecular flexibility index (Phi) is 6.84. The van der Waals surface area contributed by atoms with Gasteiger partial charge in [-0.15, -0.1) is 11.3 Å². The summed E-state index contributed by atoms with van der Waals surface area (Å²) >= 11 is 10.0. The van der Waals surface area contributed by atoms with Crippen LogP contribution in [0.25, 0.3) is 11.1 Å². The summed E-state index contributed by atoms with van der Waals surface area (Å²) in [6, 6.07) is 8.29. The molecule has 0 saturated heterocycles. The Morgan fingerprint density at radius 1 is 1.17 bits per heavy atom. The maximum absolute atomic E-state index is 14.5. The number of halogens is 5. The lowest BCUT2D eigenvalue weighted by Gasteiger charge is -2.11. The van der Waals surface area contributed by atoms with Crippen LogP contribution in [0.3, 0.4) is 0 Å². The fourth-order valence-corrected chi connectivity index (χ4v) is 4.16. The molecule has 4 nitrogen and oxygen atoms in total. The molecule has 30 heavy (non-hydrogen) atoms. The molecule has 1 atom stereocenters. The number of carbonyl (C=O) groups is 2. The summed E-state index contributed by atoms with van der Waals surface area (Å²) in [5, 5.41) is 13.1. The highest BCUT2D eigenvalue weighted by atomic mass is 79.9. The van der Waals surface area contributed by atoms with Crippen LogP contribution in [0.1, 0.15) is 15.9 Å². The summed E-state index contributed by atoms with van der Waals surface area (Å²) in [6.45, 7) is 0. The zero-order chi connectivity index (χ0) is 22.0. The smallest absolute Gasteiger partial charge is 0.339 e. The molecule has 3 aromatic rings. The van der Waals surface area contributed by atoms with Crippen LogP contribution in [-0.2, 0) is 11.2 Å². The highest BCUT2D eigenvalue weighted by Crippen LogP contribution is 2.36. The van der Waals surface area contributed by atoms with Crippen molar-refractivity contribution < 1.29 is 27.9 Å². The van der Waals surface area contributed by atoms with E-state index in [1.165, 1.54) is 0 Å². The van der Waals surface area contributed by atoms with Gasteiger partial charge in [-0.25, -0.2) is 18.0 Å². The third kappa shape index (κ3) is 4.85. The van der Waals surface area contributed by atoms with E-state index >= 15 is 0 Å². The molecule has 1 unspecified atom stereocenters. The lowest BCUT2D eigenvalue weighted by Crippen LogP contribution is -2.26. The normalized spacial score (nSPS) is 11.9. The predicted molar refractivity (Wildman–Crippen MR) is 113 cm³/mol. The van der Waals surface area contributed by atoms with Gasteiger partial charge in [0.05, 0.1) is 0 Å². The summed E-state index contributed by atoms with van der Waals surface area (Å²) in [7, 11) is 0. The maximum Gasteiger partial charge on any atom is 0.339 e. The van der Waals surface area contributed by atoms with Gasteiger partial charge >= 0.3 is 5.97 Å². The number of rotatable bonds is 6. The number of benzene rings is 2. The second kappa shape index (κ2) is 9.20. The fraction of sp³-hybridized carbons (Fsp3) is 0.100. The molecule has 1 amide bonds. The van der Waals surface area contributed by atoms with Crippen molar-refractivity contribution in [2.24, 2.45) is 0 Å². The number of hydrogen-bond acceptors (Lipinski definition) is 3. The molecule has 0 saturated carbocycles. The van der Waals surface area contributed by atoms with Gasteiger partial charge in [0.2, 0.25) is 0 Å². The average molecular weight is 519 g/mol. The van der Waals surface area contributed by atoms with Crippen LogP contribution < -0.4 is 5.32 Å². The Morgan fingerprint density at radius 2 is 1.80 bits per heavy atom. The minimum Gasteiger partial charge on any atom is -0.478 e. The highest BCUT2D eigenvalue weighted by Gasteiger charge is 2.25. The van der Waals surface area contributed by atoms with Crippen molar-refractivity contribution in [3.05, 3.63) is 74.0 Å². The van der Waals surface area contributed by atoms with Crippen molar-refractivity contribution in [1.82, 2.24) is 0 Å². The van der Waals surface area contributed by atoms with E-state index in [1.807, 2.05) is 0 Å². The van der Waals surface area contributed by atoms with Gasteiger partial charge < -0.3 is 10.4 Å². The first-order valence-electron chi connectivity index (χ1n) is 8.36. The molecule has 0 aliphatic heterocycles. The number of amides is 1. The zero-order valence-electron chi connectivity index (χ0n) is 14.9. The Labute approximate surface area is 186 Å². The minimum absolute atomic E-state index is 0.0375. The zero-order valence-corrected chi connectivity index (χ0v) is 18.0. The molecule has 156 valence electrons. The number of anilines is 1. The van der Waals surface area contributed by atoms with Crippen molar-refractivity contribution >= 4 is 55.7 Å². The van der Waals surface area contributed by atoms with Crippen LogP contribution in [0.4, 0.5) is 18.2 Å². The van der Waals surface area contributed by atoms with Crippen LogP contribution in [0.2, 0.25) is 5.02 Å². The topological polar surface area (TPSA) is 66.4 Å². The summed E-state index contributed by atoms with van der Waals surface area (Å²) in [4.78, 5) is 24.0. The minimum atomic E-state index is -2.16. The Hall–Kier alpha value is -2.36. The van der Waals surface area contributed by atoms with Crippen molar-refractivity contribution in [3.63, 3.8) is 0 Å². The molecule has 0 radical (unpaired) electrons. The van der Waals surface area contributed by atoms with Crippen LogP contribution in [0.5, 0.6) is 0 Å². The molecular formula is C20H12BrClF3NO3S. The Balaban J connectivity index is 1.82. The SMILES string of the molecule is O=C(O)c1c(-c2ccc(Br)cc2)csc1NC(=O)C(F)Cc1cc(F)c(F)cc1Cl. The third-order valence-electron chi connectivity index (χ3n) is 4.17. The molecule has 2 aromatic carbocycles. The molecule has 2 N–H and O–H groups in total. The summed E-state index contributed by atoms with van der Waals surface area (Å²) in [5.74, 6) is -4.81. The van der Waals surface area contributed by atoms with E-state index in [0.29, 0.717) is 17.2 Å². The maximum atomic E-state index is 14.5. The van der Waals surface area contributed by atoms with E-state index in [1.54, 1.807) is 29.6 Å². The number of carbonyl (C=O) groups excluding carboxylic acids is 1. The first-order valence-corrected chi connectivity index (χ1v) is 10.4. The standard InChI is InChI=1S/C20H12BrClF3NO3S/c21-11-3-1-9(2-4-11)12-8-30-19(17(12)20(28)29)26-18(27)16(25)6-10-5-14(23)15(24)7-13(10)22/h1-5,7-8,16H,6H2,(H,26,27)(H,28,29). The largest absolute Gasteiger partial charge is 0.478 e. The summed E-state index contributed by atoms with van der Waals surface area (Å²) in [6.07, 6.45) is -2.76. The number of nitrogens with one attached hydrogen (secondary N) is 1. The van der Waals surface area contributed by atoms with E-state index in [2.05, 4.69) is 21.2 Å². The monoisotopic (exact) mass is 517 g/mol. The van der Waals surface area contributed by atoms with Gasteiger partial charge in [0.15, 0.2) is 17.8 Å². The average Bonchev–Trinajstić information content (AvgIpc) is 3.10. The van der Waals surface area contributed by atoms with Crippen LogP contribution in [0.15, 0.2) is 46.3 Å². The van der Waals surface area contributed by atoms with Crippen LogP contribution in [0, 0.1) is 11.6 Å². The Morgan fingerprint density at radius 3 is 2.43 bits per heavy atom. The molecule has 3 rings (SSSR count). The second-order valence-electron chi connectivity index (χ2n) is 6.18. The first-order chi connectivity index (χ1) is 14.2. The molecule has 0 aliphatic rings. The van der Waals surface area contributed by atoms with Gasteiger partial charge in [0.1, 0.15) is 10.6 Å². The lowest BCUT2D eigenvalue weighted by molar-refractivity contribution is -0.120. The van der Waals surface area contributed by atoms with Crippen molar-refractivity contribution in [1.29, 1.82) is 0 Å². The van der Waals surface area contributed by atoms with E-state index in [0.717, 1.165) is 21.9 Å². The number of carboxylic acid groups (broad SMARTS) is 1. The molecule has 0 spiro atoms. The van der Waals surface area contributed by atoms with Gasteiger partial charge in [-0.05, 0) is 35.4 Å². The number of hydrogen-bond donors (Lipinski definition) is 2. The first kappa shape index (κ1) is 22.3. The van der Waals surface area contributed by atoms with Gasteiger partial charge in [-0.2, -0.15) is 0 Å². The molecule has 0 aliphatic carbocycles. The lowest BCUT2D eigenvalue weighted by atomic mass is 10.0. The summed E-state index contributed by atoms with van der Waals surface area (Å²) in [5.41, 5.74) is 0.721. The number of thiophene rings is 1.